The van der Waals surface area contributed by atoms with Crippen LogP contribution in [0.4, 0.5) is 0 Å². The van der Waals surface area contributed by atoms with Gasteiger partial charge >= 0.3 is 0 Å². The Bertz CT molecular complexity index is 606. The van der Waals surface area contributed by atoms with Crippen LogP contribution in [0.25, 0.3) is 0 Å². The summed E-state index contributed by atoms with van der Waals surface area (Å²) in [5.74, 6) is 2.41. The average molecular weight is 346 g/mol. The second-order valence-electron chi connectivity index (χ2n) is 9.06. The van der Waals surface area contributed by atoms with E-state index < -0.39 is 0 Å². The van der Waals surface area contributed by atoms with Crippen molar-refractivity contribution in [3.8, 4) is 0 Å². The topological polar surface area (TPSA) is 71.7 Å². The lowest BCUT2D eigenvalue weighted by Gasteiger charge is -2.48. The van der Waals surface area contributed by atoms with E-state index in [4.69, 9.17) is 0 Å². The predicted molar refractivity (Wildman–Crippen MR) is 95.4 cm³/mol. The second kappa shape index (κ2) is 5.95. The summed E-state index contributed by atoms with van der Waals surface area (Å²) < 4.78 is 0. The SMILES string of the molecule is C[C@@H]1CN([C@H]2/C(=N\O)[C@H]3CC[C@H]2C3)CCN1[C@H]1/C(=N\O)[C@H]2CC[C@H]1C2. The van der Waals surface area contributed by atoms with Gasteiger partial charge in [-0.2, -0.15) is 0 Å². The molecule has 6 heteroatoms. The van der Waals surface area contributed by atoms with Crippen LogP contribution in [0.2, 0.25) is 0 Å². The molecule has 0 unspecified atom stereocenters. The van der Waals surface area contributed by atoms with Crippen LogP contribution in [-0.2, 0) is 0 Å². The standard InChI is InChI=1S/C19H30N4O2/c1-11-10-22(18-14-4-2-12(8-14)16(18)20-24)6-7-23(11)19-15-5-3-13(9-15)17(19)21-25/h11-15,18-19,24-25H,2-10H2,1H3/b20-16-,21-17-/t11-,12+,13+,14+,15+,18-,19-/m1/s1. The van der Waals surface area contributed by atoms with Crippen LogP contribution in [0.15, 0.2) is 10.3 Å². The fourth-order valence-electron chi connectivity index (χ4n) is 6.98. The van der Waals surface area contributed by atoms with Gasteiger partial charge in [0.05, 0.1) is 23.5 Å². The Hall–Kier alpha value is -1.14. The van der Waals surface area contributed by atoms with Crippen molar-refractivity contribution in [3.63, 3.8) is 0 Å². The van der Waals surface area contributed by atoms with Crippen LogP contribution in [-0.4, -0.2) is 69.4 Å². The van der Waals surface area contributed by atoms with Gasteiger partial charge in [0.1, 0.15) is 0 Å². The molecule has 1 saturated heterocycles. The first-order valence-electron chi connectivity index (χ1n) is 10.1. The summed E-state index contributed by atoms with van der Waals surface area (Å²) in [5, 5.41) is 26.5. The minimum Gasteiger partial charge on any atom is -0.411 e. The second-order valence-corrected chi connectivity index (χ2v) is 9.06. The molecule has 0 aromatic heterocycles. The van der Waals surface area contributed by atoms with Gasteiger partial charge in [0.15, 0.2) is 0 Å². The molecule has 5 fully saturated rings. The monoisotopic (exact) mass is 346 g/mol. The Kier molecular flexibility index (Phi) is 3.82. The highest BCUT2D eigenvalue weighted by Gasteiger charge is 2.52. The van der Waals surface area contributed by atoms with Gasteiger partial charge in [-0.25, -0.2) is 0 Å². The van der Waals surface area contributed by atoms with Crippen LogP contribution < -0.4 is 0 Å². The summed E-state index contributed by atoms with van der Waals surface area (Å²) in [7, 11) is 0. The Balaban J connectivity index is 1.31. The average Bonchev–Trinajstić information content (AvgIpc) is 3.39. The van der Waals surface area contributed by atoms with Crippen LogP contribution >= 0.6 is 0 Å². The van der Waals surface area contributed by atoms with Crippen LogP contribution in [0, 0.1) is 23.7 Å². The smallest absolute Gasteiger partial charge is 0.0775 e. The molecule has 0 aromatic carbocycles. The van der Waals surface area contributed by atoms with Crippen molar-refractivity contribution in [3.05, 3.63) is 0 Å². The first-order valence-corrected chi connectivity index (χ1v) is 10.1. The summed E-state index contributed by atoms with van der Waals surface area (Å²) in [6.07, 6.45) is 7.41. The van der Waals surface area contributed by atoms with E-state index in [0.717, 1.165) is 31.1 Å². The predicted octanol–water partition coefficient (Wildman–Crippen LogP) is 2.25. The van der Waals surface area contributed by atoms with Crippen LogP contribution in [0.5, 0.6) is 0 Å². The number of rotatable bonds is 2. The Morgan fingerprint density at radius 3 is 2.04 bits per heavy atom. The van der Waals surface area contributed by atoms with E-state index in [-0.39, 0.29) is 0 Å². The maximum Gasteiger partial charge on any atom is 0.0775 e. The lowest BCUT2D eigenvalue weighted by atomic mass is 9.88. The van der Waals surface area contributed by atoms with E-state index in [2.05, 4.69) is 27.0 Å². The Morgan fingerprint density at radius 1 is 0.840 bits per heavy atom. The number of nitrogens with zero attached hydrogens (tertiary/aromatic N) is 4. The fourth-order valence-corrected chi connectivity index (χ4v) is 6.98. The van der Waals surface area contributed by atoms with E-state index in [1.54, 1.807) is 0 Å². The van der Waals surface area contributed by atoms with Gasteiger partial charge in [-0.15, -0.1) is 0 Å². The zero-order chi connectivity index (χ0) is 17.1. The van der Waals surface area contributed by atoms with Crippen molar-refractivity contribution in [2.24, 2.45) is 34.0 Å². The van der Waals surface area contributed by atoms with E-state index in [1.807, 2.05) is 0 Å². The highest BCUT2D eigenvalue weighted by molar-refractivity contribution is 5.95. The summed E-state index contributed by atoms with van der Waals surface area (Å²) in [5.41, 5.74) is 2.10. The molecule has 1 aliphatic heterocycles. The molecule has 1 heterocycles. The fraction of sp³-hybridized carbons (Fsp3) is 0.895. The van der Waals surface area contributed by atoms with Crippen molar-refractivity contribution < 1.29 is 10.4 Å². The lowest BCUT2D eigenvalue weighted by Crippen LogP contribution is -2.61. The minimum absolute atomic E-state index is 0.354. The number of piperazine rings is 1. The van der Waals surface area contributed by atoms with Gasteiger partial charge in [0, 0.05) is 37.5 Å². The molecule has 0 amide bonds. The maximum atomic E-state index is 9.55. The molecule has 4 saturated carbocycles. The number of hydrogen-bond acceptors (Lipinski definition) is 6. The number of oxime groups is 2. The summed E-state index contributed by atoms with van der Waals surface area (Å²) >= 11 is 0. The molecular weight excluding hydrogens is 316 g/mol. The molecule has 25 heavy (non-hydrogen) atoms. The molecule has 2 N–H and O–H groups in total. The van der Waals surface area contributed by atoms with Crippen LogP contribution in [0.1, 0.15) is 45.4 Å². The van der Waals surface area contributed by atoms with E-state index >= 15 is 0 Å². The molecule has 0 radical (unpaired) electrons. The zero-order valence-electron chi connectivity index (χ0n) is 15.1. The molecule has 138 valence electrons. The van der Waals surface area contributed by atoms with Crippen molar-refractivity contribution >= 4 is 11.4 Å². The maximum absolute atomic E-state index is 9.55. The van der Waals surface area contributed by atoms with Gasteiger partial charge in [-0.05, 0) is 57.3 Å². The minimum atomic E-state index is 0.354. The normalized spacial score (nSPS) is 50.5. The number of fused-ring (bicyclic) bond motifs is 4. The molecule has 4 aliphatic carbocycles. The van der Waals surface area contributed by atoms with Crippen molar-refractivity contribution in [1.29, 1.82) is 0 Å². The van der Waals surface area contributed by atoms with Gasteiger partial charge < -0.3 is 10.4 Å². The quantitative estimate of drug-likeness (QED) is 0.594. The molecular formula is C19H30N4O2. The Labute approximate surface area is 149 Å². The highest BCUT2D eigenvalue weighted by atomic mass is 16.4. The summed E-state index contributed by atoms with van der Waals surface area (Å²) in [6, 6.07) is 1.17. The molecule has 0 spiro atoms. The zero-order valence-corrected chi connectivity index (χ0v) is 15.1. The molecule has 6 nitrogen and oxygen atoms in total. The third kappa shape index (κ3) is 2.29. The van der Waals surface area contributed by atoms with Crippen molar-refractivity contribution in [2.45, 2.75) is 63.6 Å². The molecule has 4 bridgehead atoms. The molecule has 5 aliphatic rings. The molecule has 7 atom stereocenters. The van der Waals surface area contributed by atoms with Gasteiger partial charge in [0.25, 0.3) is 0 Å². The largest absolute Gasteiger partial charge is 0.411 e. The molecule has 0 aromatic rings. The van der Waals surface area contributed by atoms with Crippen LogP contribution in [0.3, 0.4) is 0 Å². The van der Waals surface area contributed by atoms with Gasteiger partial charge in [0.2, 0.25) is 0 Å². The third-order valence-corrected chi connectivity index (χ3v) is 7.97. The van der Waals surface area contributed by atoms with Gasteiger partial charge in [-0.3, -0.25) is 9.80 Å². The number of hydrogen-bond donors (Lipinski definition) is 2. The van der Waals surface area contributed by atoms with E-state index in [9.17, 15) is 10.4 Å². The first-order chi connectivity index (χ1) is 12.2. The van der Waals surface area contributed by atoms with Crippen molar-refractivity contribution in [2.75, 3.05) is 19.6 Å². The first kappa shape index (κ1) is 16.1. The summed E-state index contributed by atoms with van der Waals surface area (Å²) in [4.78, 5) is 5.17. The lowest BCUT2D eigenvalue weighted by molar-refractivity contribution is 0.0344. The molecule has 5 rings (SSSR count). The Morgan fingerprint density at radius 2 is 1.44 bits per heavy atom. The third-order valence-electron chi connectivity index (χ3n) is 7.97. The van der Waals surface area contributed by atoms with Crippen molar-refractivity contribution in [1.82, 2.24) is 9.80 Å². The summed E-state index contributed by atoms with van der Waals surface area (Å²) in [6.45, 7) is 5.40. The van der Waals surface area contributed by atoms with E-state index in [1.165, 1.54) is 38.5 Å². The van der Waals surface area contributed by atoms with E-state index in [0.29, 0.717) is 41.8 Å². The highest BCUT2D eigenvalue weighted by Crippen LogP contribution is 2.47. The van der Waals surface area contributed by atoms with Gasteiger partial charge in [-0.1, -0.05) is 10.3 Å².